The van der Waals surface area contributed by atoms with Gasteiger partial charge in [-0.2, -0.15) is 0 Å². The molecule has 52 heavy (non-hydrogen) atoms. The third-order valence-corrected chi connectivity index (χ3v) is 10.5. The molecule has 3 aliphatic rings. The topological polar surface area (TPSA) is 160 Å². The van der Waals surface area contributed by atoms with Gasteiger partial charge in [-0.15, -0.1) is 0 Å². The van der Waals surface area contributed by atoms with Crippen molar-refractivity contribution in [3.8, 4) is 17.2 Å². The van der Waals surface area contributed by atoms with Gasteiger partial charge in [0.2, 0.25) is 11.8 Å². The van der Waals surface area contributed by atoms with Gasteiger partial charge in [0.25, 0.3) is 11.8 Å². The molecule has 2 unspecified atom stereocenters. The van der Waals surface area contributed by atoms with Crippen molar-refractivity contribution >= 4 is 29.3 Å². The fourth-order valence-electron chi connectivity index (χ4n) is 7.43. The maximum Gasteiger partial charge on any atom is 0.262 e. The Kier molecular flexibility index (Phi) is 9.50. The van der Waals surface area contributed by atoms with Crippen molar-refractivity contribution in [1.29, 1.82) is 0 Å². The predicted octanol–water partition coefficient (Wildman–Crippen LogP) is 5.85. The summed E-state index contributed by atoms with van der Waals surface area (Å²) in [6, 6.07) is 20.6. The molecule has 12 nitrogen and oxygen atoms in total. The Morgan fingerprint density at radius 1 is 0.865 bits per heavy atom. The highest BCUT2D eigenvalue weighted by molar-refractivity contribution is 6.23. The number of carbonyl (C=O) groups is 4. The quantitative estimate of drug-likeness (QED) is 0.153. The summed E-state index contributed by atoms with van der Waals surface area (Å²) in [5, 5.41) is 15.3. The third-order valence-electron chi connectivity index (χ3n) is 10.5. The van der Waals surface area contributed by atoms with Crippen LogP contribution in [-0.4, -0.2) is 61.8 Å². The Balaban J connectivity index is 0.940. The van der Waals surface area contributed by atoms with Gasteiger partial charge in [-0.05, 0) is 79.8 Å². The zero-order chi connectivity index (χ0) is 36.6. The number of hydrogen-bond donors (Lipinski definition) is 3. The highest BCUT2D eigenvalue weighted by atomic mass is 16.5. The Labute approximate surface area is 301 Å². The molecule has 268 valence electrons. The summed E-state index contributed by atoms with van der Waals surface area (Å²) < 4.78 is 12.3. The molecule has 3 N–H and O–H groups in total. The Morgan fingerprint density at radius 2 is 1.48 bits per heavy atom. The average Bonchev–Trinajstić information content (AvgIpc) is 3.37. The van der Waals surface area contributed by atoms with Crippen LogP contribution in [-0.2, 0) is 15.0 Å². The number of aromatic nitrogens is 2. The molecule has 12 heteroatoms. The van der Waals surface area contributed by atoms with Gasteiger partial charge in [-0.1, -0.05) is 38.1 Å². The number of ether oxygens (including phenoxy) is 2. The van der Waals surface area contributed by atoms with Gasteiger partial charge in [0.05, 0.1) is 23.5 Å². The molecule has 0 spiro atoms. The van der Waals surface area contributed by atoms with Gasteiger partial charge in [0.15, 0.2) is 11.6 Å². The van der Waals surface area contributed by atoms with E-state index in [4.69, 9.17) is 9.47 Å². The van der Waals surface area contributed by atoms with E-state index >= 15 is 0 Å². The first kappa shape index (κ1) is 34.8. The van der Waals surface area contributed by atoms with Crippen molar-refractivity contribution in [2.45, 2.75) is 89.0 Å². The van der Waals surface area contributed by atoms with E-state index in [0.29, 0.717) is 23.0 Å². The second kappa shape index (κ2) is 14.2. The van der Waals surface area contributed by atoms with Crippen LogP contribution in [0.15, 0.2) is 79.1 Å². The SMILES string of the molecule is CCC(CC)(c1ccc(Oc2cnc(C(C)O)nc2)cc1)c1ccc(O[C@H]2C[C@@H](Nc3ccc4c(c3)C(=O)N(C3CCC(=O)NC3=O)C4=O)C2)cc1. The summed E-state index contributed by atoms with van der Waals surface area (Å²) in [5.74, 6) is 0.247. The Bertz CT molecular complexity index is 1990. The van der Waals surface area contributed by atoms with Crippen molar-refractivity contribution in [3.63, 3.8) is 0 Å². The van der Waals surface area contributed by atoms with Crippen molar-refractivity contribution in [2.24, 2.45) is 0 Å². The van der Waals surface area contributed by atoms with Crippen LogP contribution >= 0.6 is 0 Å². The minimum Gasteiger partial charge on any atom is -0.490 e. The Morgan fingerprint density at radius 3 is 2.08 bits per heavy atom. The summed E-state index contributed by atoms with van der Waals surface area (Å²) in [7, 11) is 0. The van der Waals surface area contributed by atoms with Crippen molar-refractivity contribution in [1.82, 2.24) is 20.2 Å². The molecule has 1 aromatic heterocycles. The standard InChI is InChI=1S/C40H41N5O7/c1-4-40(5-2,25-8-13-29(14-9-25)52-31-21-41-36(23(3)46)42-22-31)24-6-11-28(12-7-24)51-30-18-27(19-30)43-26-10-15-32-33(20-26)39(50)45(38(32)49)34-16-17-35(47)44-37(34)48/h6-15,20-23,27,30,34,43,46H,4-5,16-19H2,1-3H3,(H,44,47,48)/t23?,27-,30+,34?. The number of aliphatic hydroxyl groups excluding tert-OH is 1. The summed E-state index contributed by atoms with van der Waals surface area (Å²) >= 11 is 0. The highest BCUT2D eigenvalue weighted by Gasteiger charge is 2.45. The molecular formula is C40H41N5O7. The third kappa shape index (κ3) is 6.61. The molecule has 1 saturated carbocycles. The van der Waals surface area contributed by atoms with Crippen LogP contribution in [0.3, 0.4) is 0 Å². The van der Waals surface area contributed by atoms with Crippen LogP contribution in [0, 0.1) is 0 Å². The predicted molar refractivity (Wildman–Crippen MR) is 191 cm³/mol. The lowest BCUT2D eigenvalue weighted by Crippen LogP contribution is -2.54. The van der Waals surface area contributed by atoms with Crippen LogP contribution in [0.2, 0.25) is 0 Å². The summed E-state index contributed by atoms with van der Waals surface area (Å²) in [6.07, 6.45) is 5.96. The van der Waals surface area contributed by atoms with Crippen LogP contribution < -0.4 is 20.1 Å². The first-order valence-electron chi connectivity index (χ1n) is 17.8. The van der Waals surface area contributed by atoms with Crippen molar-refractivity contribution in [2.75, 3.05) is 5.32 Å². The molecule has 0 bridgehead atoms. The number of fused-ring (bicyclic) bond motifs is 1. The number of aliphatic hydroxyl groups is 1. The van der Waals surface area contributed by atoms with E-state index in [9.17, 15) is 24.3 Å². The van der Waals surface area contributed by atoms with Gasteiger partial charge in [0, 0.05) is 36.4 Å². The number of benzene rings is 3. The number of hydrogen-bond acceptors (Lipinski definition) is 10. The van der Waals surface area contributed by atoms with E-state index in [-0.39, 0.29) is 41.5 Å². The smallest absolute Gasteiger partial charge is 0.262 e. The number of imide groups is 2. The zero-order valence-corrected chi connectivity index (χ0v) is 29.3. The maximum absolute atomic E-state index is 13.2. The number of anilines is 1. The van der Waals surface area contributed by atoms with E-state index in [1.807, 2.05) is 24.3 Å². The Hall–Kier alpha value is -5.62. The number of piperidine rings is 1. The minimum absolute atomic E-state index is 0.0345. The molecule has 3 heterocycles. The summed E-state index contributed by atoms with van der Waals surface area (Å²) in [6.45, 7) is 6.01. The van der Waals surface area contributed by atoms with Crippen molar-refractivity contribution < 1.29 is 33.8 Å². The van der Waals surface area contributed by atoms with Crippen LogP contribution in [0.1, 0.15) is 103 Å². The molecule has 2 aliphatic heterocycles. The van der Waals surface area contributed by atoms with E-state index < -0.39 is 35.8 Å². The van der Waals surface area contributed by atoms with Crippen LogP contribution in [0.25, 0.3) is 0 Å². The summed E-state index contributed by atoms with van der Waals surface area (Å²) in [4.78, 5) is 59.4. The van der Waals surface area contributed by atoms with Crippen molar-refractivity contribution in [3.05, 3.63) is 107 Å². The first-order valence-corrected chi connectivity index (χ1v) is 17.8. The molecule has 0 radical (unpaired) electrons. The van der Waals surface area contributed by atoms with Gasteiger partial charge in [-0.25, -0.2) is 9.97 Å². The van der Waals surface area contributed by atoms with Gasteiger partial charge >= 0.3 is 0 Å². The van der Waals surface area contributed by atoms with E-state index in [1.54, 1.807) is 37.5 Å². The number of nitrogens with zero attached hydrogens (tertiary/aromatic N) is 3. The van der Waals surface area contributed by atoms with Crippen LogP contribution in [0.4, 0.5) is 5.69 Å². The van der Waals surface area contributed by atoms with Crippen LogP contribution in [0.5, 0.6) is 17.2 Å². The number of rotatable bonds is 12. The van der Waals surface area contributed by atoms with Gasteiger partial charge in [0.1, 0.15) is 29.7 Å². The number of amides is 4. The molecule has 2 atom stereocenters. The summed E-state index contributed by atoms with van der Waals surface area (Å²) in [5.41, 5.74) is 3.43. The lowest BCUT2D eigenvalue weighted by Gasteiger charge is -2.37. The molecule has 2 fully saturated rings. The second-order valence-electron chi connectivity index (χ2n) is 13.7. The fraction of sp³-hybridized carbons (Fsp3) is 0.350. The normalized spacial score (nSPS) is 20.5. The van der Waals surface area contributed by atoms with E-state index in [2.05, 4.69) is 58.7 Å². The zero-order valence-electron chi connectivity index (χ0n) is 29.3. The lowest BCUT2D eigenvalue weighted by molar-refractivity contribution is -0.136. The second-order valence-corrected chi connectivity index (χ2v) is 13.7. The molecule has 3 aromatic carbocycles. The molecular weight excluding hydrogens is 662 g/mol. The largest absolute Gasteiger partial charge is 0.490 e. The minimum atomic E-state index is -0.990. The fourth-order valence-corrected chi connectivity index (χ4v) is 7.43. The lowest BCUT2D eigenvalue weighted by atomic mass is 9.70. The van der Waals surface area contributed by atoms with Gasteiger partial charge < -0.3 is 19.9 Å². The maximum atomic E-state index is 13.2. The number of carbonyl (C=O) groups excluding carboxylic acids is 4. The average molecular weight is 704 g/mol. The van der Waals surface area contributed by atoms with E-state index in [0.717, 1.165) is 36.3 Å². The number of nitrogens with one attached hydrogen (secondary N) is 2. The molecule has 1 saturated heterocycles. The molecule has 1 aliphatic carbocycles. The van der Waals surface area contributed by atoms with Gasteiger partial charge in [-0.3, -0.25) is 29.4 Å². The highest BCUT2D eigenvalue weighted by Crippen LogP contribution is 2.41. The molecule has 4 amide bonds. The first-order chi connectivity index (χ1) is 25.1. The molecule has 7 rings (SSSR count). The van der Waals surface area contributed by atoms with E-state index in [1.165, 1.54) is 11.1 Å². The monoisotopic (exact) mass is 703 g/mol. The molecule has 4 aromatic rings.